The van der Waals surface area contributed by atoms with Crippen LogP contribution in [0, 0.1) is 5.92 Å². The van der Waals surface area contributed by atoms with Crippen LogP contribution in [0.15, 0.2) is 6.07 Å². The Morgan fingerprint density at radius 3 is 2.89 bits per heavy atom. The zero-order valence-corrected chi connectivity index (χ0v) is 11.9. The number of hydrogen-bond acceptors (Lipinski definition) is 3. The summed E-state index contributed by atoms with van der Waals surface area (Å²) in [6.45, 7) is 4.24. The number of hydrogen-bond donors (Lipinski definition) is 2. The SMILES string of the molecule is CCc1cc(NC(=O)CCC2CCNCC2)n(C)n1. The van der Waals surface area contributed by atoms with E-state index in [1.165, 1.54) is 12.8 Å². The molecule has 0 bridgehead atoms. The Balaban J connectivity index is 1.78. The van der Waals surface area contributed by atoms with E-state index in [2.05, 4.69) is 22.7 Å². The summed E-state index contributed by atoms with van der Waals surface area (Å²) in [5, 5.41) is 10.6. The molecule has 19 heavy (non-hydrogen) atoms. The number of carbonyl (C=O) groups excluding carboxylic acids is 1. The maximum Gasteiger partial charge on any atom is 0.225 e. The largest absolute Gasteiger partial charge is 0.317 e. The Morgan fingerprint density at radius 1 is 1.53 bits per heavy atom. The molecule has 1 fully saturated rings. The summed E-state index contributed by atoms with van der Waals surface area (Å²) in [7, 11) is 1.86. The highest BCUT2D eigenvalue weighted by Crippen LogP contribution is 2.18. The lowest BCUT2D eigenvalue weighted by Gasteiger charge is -2.22. The highest BCUT2D eigenvalue weighted by molar-refractivity contribution is 5.89. The molecule has 5 nitrogen and oxygen atoms in total. The molecule has 0 unspecified atom stereocenters. The summed E-state index contributed by atoms with van der Waals surface area (Å²) in [6, 6.07) is 1.95. The number of carbonyl (C=O) groups is 1. The first-order valence-corrected chi connectivity index (χ1v) is 7.22. The second kappa shape index (κ2) is 6.70. The van der Waals surface area contributed by atoms with Crippen molar-refractivity contribution in [2.45, 2.75) is 39.0 Å². The Labute approximate surface area is 114 Å². The highest BCUT2D eigenvalue weighted by Gasteiger charge is 2.15. The van der Waals surface area contributed by atoms with Crippen LogP contribution in [0.5, 0.6) is 0 Å². The highest BCUT2D eigenvalue weighted by atomic mass is 16.1. The molecule has 2 N–H and O–H groups in total. The molecule has 1 aromatic heterocycles. The van der Waals surface area contributed by atoms with Crippen molar-refractivity contribution in [3.63, 3.8) is 0 Å². The van der Waals surface area contributed by atoms with Crippen molar-refractivity contribution in [3.05, 3.63) is 11.8 Å². The molecule has 2 rings (SSSR count). The fourth-order valence-corrected chi connectivity index (χ4v) is 2.53. The monoisotopic (exact) mass is 264 g/mol. The quantitative estimate of drug-likeness (QED) is 0.851. The predicted octanol–water partition coefficient (Wildman–Crippen LogP) is 1.70. The van der Waals surface area contributed by atoms with E-state index < -0.39 is 0 Å². The maximum absolute atomic E-state index is 11.9. The molecule has 0 aliphatic carbocycles. The first-order valence-electron chi connectivity index (χ1n) is 7.22. The predicted molar refractivity (Wildman–Crippen MR) is 76.0 cm³/mol. The Hall–Kier alpha value is -1.36. The van der Waals surface area contributed by atoms with E-state index in [0.717, 1.165) is 37.4 Å². The number of anilines is 1. The van der Waals surface area contributed by atoms with Crippen LogP contribution < -0.4 is 10.6 Å². The Bertz CT molecular complexity index is 421. The van der Waals surface area contributed by atoms with Crippen molar-refractivity contribution in [3.8, 4) is 0 Å². The van der Waals surface area contributed by atoms with Gasteiger partial charge in [0, 0.05) is 19.5 Å². The van der Waals surface area contributed by atoms with Gasteiger partial charge >= 0.3 is 0 Å². The van der Waals surface area contributed by atoms with Gasteiger partial charge in [-0.3, -0.25) is 9.48 Å². The van der Waals surface area contributed by atoms with E-state index in [4.69, 9.17) is 0 Å². The first-order chi connectivity index (χ1) is 9.19. The van der Waals surface area contributed by atoms with Gasteiger partial charge in [0.05, 0.1) is 5.69 Å². The molecule has 1 aliphatic rings. The van der Waals surface area contributed by atoms with Crippen molar-refractivity contribution in [2.75, 3.05) is 18.4 Å². The number of amides is 1. The normalized spacial score (nSPS) is 16.5. The lowest BCUT2D eigenvalue weighted by molar-refractivity contribution is -0.116. The molecule has 0 saturated carbocycles. The summed E-state index contributed by atoms with van der Waals surface area (Å²) in [5.74, 6) is 1.60. The Morgan fingerprint density at radius 2 is 2.26 bits per heavy atom. The zero-order chi connectivity index (χ0) is 13.7. The summed E-state index contributed by atoms with van der Waals surface area (Å²) < 4.78 is 1.74. The molecular weight excluding hydrogens is 240 g/mol. The van der Waals surface area contributed by atoms with E-state index >= 15 is 0 Å². The minimum absolute atomic E-state index is 0.101. The van der Waals surface area contributed by atoms with Crippen LogP contribution in [0.3, 0.4) is 0 Å². The molecule has 0 radical (unpaired) electrons. The van der Waals surface area contributed by atoms with Gasteiger partial charge in [0.25, 0.3) is 0 Å². The third-order valence-electron chi connectivity index (χ3n) is 3.80. The molecule has 0 aromatic carbocycles. The van der Waals surface area contributed by atoms with E-state index in [-0.39, 0.29) is 5.91 Å². The summed E-state index contributed by atoms with van der Waals surface area (Å²) in [5.41, 5.74) is 1.01. The van der Waals surface area contributed by atoms with Gasteiger partial charge in [-0.05, 0) is 44.7 Å². The molecule has 0 spiro atoms. The fraction of sp³-hybridized carbons (Fsp3) is 0.714. The number of aryl methyl sites for hydroxylation is 2. The van der Waals surface area contributed by atoms with Crippen molar-refractivity contribution in [1.82, 2.24) is 15.1 Å². The number of rotatable bonds is 5. The molecule has 106 valence electrons. The van der Waals surface area contributed by atoms with Gasteiger partial charge in [-0.15, -0.1) is 0 Å². The number of piperidine rings is 1. The molecule has 1 aromatic rings. The van der Waals surface area contributed by atoms with Gasteiger partial charge in [0.1, 0.15) is 5.82 Å². The van der Waals surface area contributed by atoms with Crippen LogP contribution >= 0.6 is 0 Å². The second-order valence-corrected chi connectivity index (χ2v) is 5.28. The number of nitrogens with zero attached hydrogens (tertiary/aromatic N) is 2. The van der Waals surface area contributed by atoms with Gasteiger partial charge < -0.3 is 10.6 Å². The number of aromatic nitrogens is 2. The van der Waals surface area contributed by atoms with E-state index in [1.54, 1.807) is 4.68 Å². The number of nitrogens with one attached hydrogen (secondary N) is 2. The third-order valence-corrected chi connectivity index (χ3v) is 3.80. The van der Waals surface area contributed by atoms with Gasteiger partial charge in [0.15, 0.2) is 0 Å². The van der Waals surface area contributed by atoms with Crippen molar-refractivity contribution in [1.29, 1.82) is 0 Å². The fourth-order valence-electron chi connectivity index (χ4n) is 2.53. The second-order valence-electron chi connectivity index (χ2n) is 5.28. The van der Waals surface area contributed by atoms with E-state index in [9.17, 15) is 4.79 Å². The topological polar surface area (TPSA) is 59.0 Å². The lowest BCUT2D eigenvalue weighted by Crippen LogP contribution is -2.28. The molecule has 0 atom stereocenters. The van der Waals surface area contributed by atoms with Gasteiger partial charge in [-0.1, -0.05) is 6.92 Å². The van der Waals surface area contributed by atoms with Crippen LogP contribution in [-0.2, 0) is 18.3 Å². The molecule has 1 saturated heterocycles. The van der Waals surface area contributed by atoms with Crippen LogP contribution in [0.2, 0.25) is 0 Å². The summed E-state index contributed by atoms with van der Waals surface area (Å²) in [6.07, 6.45) is 4.88. The van der Waals surface area contributed by atoms with Crippen LogP contribution in [-0.4, -0.2) is 28.8 Å². The van der Waals surface area contributed by atoms with Crippen LogP contribution in [0.4, 0.5) is 5.82 Å². The van der Waals surface area contributed by atoms with Gasteiger partial charge in [-0.2, -0.15) is 5.10 Å². The zero-order valence-electron chi connectivity index (χ0n) is 11.9. The van der Waals surface area contributed by atoms with Crippen molar-refractivity contribution < 1.29 is 4.79 Å². The average molecular weight is 264 g/mol. The van der Waals surface area contributed by atoms with E-state index in [1.807, 2.05) is 13.1 Å². The smallest absolute Gasteiger partial charge is 0.225 e. The molecule has 1 aliphatic heterocycles. The van der Waals surface area contributed by atoms with E-state index in [0.29, 0.717) is 12.3 Å². The molecule has 5 heteroatoms. The lowest BCUT2D eigenvalue weighted by atomic mass is 9.93. The average Bonchev–Trinajstić information content (AvgIpc) is 2.78. The van der Waals surface area contributed by atoms with Crippen LogP contribution in [0.1, 0.15) is 38.3 Å². The molecule has 2 heterocycles. The summed E-state index contributed by atoms with van der Waals surface area (Å²) >= 11 is 0. The van der Waals surface area contributed by atoms with Crippen molar-refractivity contribution >= 4 is 11.7 Å². The van der Waals surface area contributed by atoms with Gasteiger partial charge in [0.2, 0.25) is 5.91 Å². The van der Waals surface area contributed by atoms with Gasteiger partial charge in [-0.25, -0.2) is 0 Å². The van der Waals surface area contributed by atoms with Crippen LogP contribution in [0.25, 0.3) is 0 Å². The third kappa shape index (κ3) is 4.06. The molecular formula is C14H24N4O. The van der Waals surface area contributed by atoms with Crippen molar-refractivity contribution in [2.24, 2.45) is 13.0 Å². The Kier molecular flexibility index (Phi) is 4.96. The summed E-state index contributed by atoms with van der Waals surface area (Å²) in [4.78, 5) is 11.9. The first kappa shape index (κ1) is 14.1. The maximum atomic E-state index is 11.9. The molecule has 1 amide bonds. The minimum atomic E-state index is 0.101. The standard InChI is InChI=1S/C14H24N4O/c1-3-12-10-13(18(2)17-12)16-14(19)5-4-11-6-8-15-9-7-11/h10-11,15H,3-9H2,1-2H3,(H,16,19). The minimum Gasteiger partial charge on any atom is -0.317 e.